The second-order valence-corrected chi connectivity index (χ2v) is 3.90. The maximum Gasteiger partial charge on any atom is 0.295 e. The highest BCUT2D eigenvalue weighted by Crippen LogP contribution is 2.24. The average Bonchev–Trinajstić information content (AvgIpc) is 2.96. The van der Waals surface area contributed by atoms with Gasteiger partial charge in [-0.05, 0) is 18.1 Å². The van der Waals surface area contributed by atoms with Crippen LogP contribution >= 0.6 is 0 Å². The molecule has 0 aliphatic heterocycles. The molecule has 2 N–H and O–H groups in total. The van der Waals surface area contributed by atoms with Gasteiger partial charge in [0.2, 0.25) is 0 Å². The Labute approximate surface area is 92.8 Å². The molecule has 2 rings (SSSR count). The predicted octanol–water partition coefficient (Wildman–Crippen LogP) is -0.423. The third kappa shape index (κ3) is 2.19. The molecule has 0 spiro atoms. The Morgan fingerprint density at radius 3 is 2.81 bits per heavy atom. The van der Waals surface area contributed by atoms with E-state index in [4.69, 9.17) is 5.11 Å². The van der Waals surface area contributed by atoms with Crippen molar-refractivity contribution >= 4 is 5.91 Å². The van der Waals surface area contributed by atoms with Crippen LogP contribution in [0.25, 0.3) is 0 Å². The summed E-state index contributed by atoms with van der Waals surface area (Å²) in [6, 6.07) is 0.207. The summed E-state index contributed by atoms with van der Waals surface area (Å²) in [4.78, 5) is 13.7. The van der Waals surface area contributed by atoms with Gasteiger partial charge in [0.25, 0.3) is 11.7 Å². The fraction of sp³-hybridized carbons (Fsp3) is 0.778. The van der Waals surface area contributed by atoms with Crippen molar-refractivity contribution < 1.29 is 9.90 Å². The molecule has 16 heavy (non-hydrogen) atoms. The molecule has 88 valence electrons. The van der Waals surface area contributed by atoms with Gasteiger partial charge in [0.1, 0.15) is 0 Å². The number of rotatable bonds is 4. The first-order valence-electron chi connectivity index (χ1n) is 5.48. The zero-order valence-corrected chi connectivity index (χ0v) is 8.96. The van der Waals surface area contributed by atoms with Crippen LogP contribution in [0.1, 0.15) is 36.3 Å². The first-order valence-corrected chi connectivity index (χ1v) is 5.48. The first-order chi connectivity index (χ1) is 7.83. The molecule has 1 amide bonds. The molecule has 0 bridgehead atoms. The maximum absolute atomic E-state index is 12.0. The summed E-state index contributed by atoms with van der Waals surface area (Å²) in [5, 5.41) is 22.0. The summed E-state index contributed by atoms with van der Waals surface area (Å²) in [5.74, 6) is -0.185. The number of aliphatic hydroxyl groups excluding tert-OH is 1. The standard InChI is InChI=1S/C9H15N5O2/c15-6-5-14(7-3-1-2-4-7)9(16)8-10-12-13-11-8/h7,15H,1-6H2,(H,10,11,12,13). The van der Waals surface area contributed by atoms with E-state index in [1.807, 2.05) is 0 Å². The summed E-state index contributed by atoms with van der Waals surface area (Å²) < 4.78 is 0. The molecule has 1 aromatic rings. The normalized spacial score (nSPS) is 16.6. The largest absolute Gasteiger partial charge is 0.395 e. The molecule has 0 aromatic carbocycles. The molecular weight excluding hydrogens is 210 g/mol. The fourth-order valence-electron chi connectivity index (χ4n) is 2.15. The summed E-state index contributed by atoms with van der Waals surface area (Å²) in [7, 11) is 0. The Kier molecular flexibility index (Phi) is 3.45. The molecular formula is C9H15N5O2. The maximum atomic E-state index is 12.0. The lowest BCUT2D eigenvalue weighted by Gasteiger charge is -2.26. The van der Waals surface area contributed by atoms with Crippen molar-refractivity contribution in [2.75, 3.05) is 13.2 Å². The molecule has 1 aliphatic carbocycles. The number of amides is 1. The molecule has 7 nitrogen and oxygen atoms in total. The number of carbonyl (C=O) groups is 1. The Morgan fingerprint density at radius 1 is 1.50 bits per heavy atom. The van der Waals surface area contributed by atoms with Crippen LogP contribution in [0.5, 0.6) is 0 Å². The van der Waals surface area contributed by atoms with E-state index in [9.17, 15) is 4.79 Å². The van der Waals surface area contributed by atoms with Crippen LogP contribution in [0, 0.1) is 0 Å². The number of tetrazole rings is 1. The minimum absolute atomic E-state index is 0.0416. The summed E-state index contributed by atoms with van der Waals surface area (Å²) in [6.45, 7) is 0.290. The fourth-order valence-corrected chi connectivity index (χ4v) is 2.15. The van der Waals surface area contributed by atoms with Crippen LogP contribution in [-0.2, 0) is 0 Å². The Hall–Kier alpha value is -1.50. The molecule has 1 aliphatic rings. The van der Waals surface area contributed by atoms with Gasteiger partial charge in [-0.3, -0.25) is 4.79 Å². The number of aromatic amines is 1. The lowest BCUT2D eigenvalue weighted by molar-refractivity contribution is 0.0625. The first kappa shape index (κ1) is 11.0. The van der Waals surface area contributed by atoms with E-state index in [1.165, 1.54) is 0 Å². The lowest BCUT2D eigenvalue weighted by atomic mass is 10.2. The topological polar surface area (TPSA) is 95.0 Å². The van der Waals surface area contributed by atoms with Gasteiger partial charge in [0.15, 0.2) is 0 Å². The molecule has 0 atom stereocenters. The van der Waals surface area contributed by atoms with Crippen molar-refractivity contribution in [1.82, 2.24) is 25.5 Å². The zero-order chi connectivity index (χ0) is 11.4. The Morgan fingerprint density at radius 2 is 2.25 bits per heavy atom. The molecule has 1 aromatic heterocycles. The van der Waals surface area contributed by atoms with E-state index in [2.05, 4.69) is 20.6 Å². The quantitative estimate of drug-likeness (QED) is 0.725. The Bertz CT molecular complexity index is 334. The monoisotopic (exact) mass is 225 g/mol. The van der Waals surface area contributed by atoms with Crippen molar-refractivity contribution in [1.29, 1.82) is 0 Å². The number of aliphatic hydroxyl groups is 1. The predicted molar refractivity (Wildman–Crippen MR) is 54.6 cm³/mol. The van der Waals surface area contributed by atoms with E-state index in [1.54, 1.807) is 4.90 Å². The van der Waals surface area contributed by atoms with E-state index in [-0.39, 0.29) is 24.4 Å². The second-order valence-electron chi connectivity index (χ2n) is 3.90. The van der Waals surface area contributed by atoms with Crippen LogP contribution < -0.4 is 0 Å². The van der Waals surface area contributed by atoms with Gasteiger partial charge < -0.3 is 10.0 Å². The number of H-pyrrole nitrogens is 1. The SMILES string of the molecule is O=C(c1nn[nH]n1)N(CCO)C1CCCC1. The summed E-state index contributed by atoms with van der Waals surface area (Å²) in [5.41, 5.74) is 0. The van der Waals surface area contributed by atoms with Gasteiger partial charge >= 0.3 is 0 Å². The highest BCUT2D eigenvalue weighted by molar-refractivity contribution is 5.90. The lowest BCUT2D eigenvalue weighted by Crippen LogP contribution is -2.41. The van der Waals surface area contributed by atoms with Crippen molar-refractivity contribution in [3.05, 3.63) is 5.82 Å². The molecule has 0 unspecified atom stereocenters. The number of nitrogens with one attached hydrogen (secondary N) is 1. The highest BCUT2D eigenvalue weighted by atomic mass is 16.3. The molecule has 1 saturated carbocycles. The minimum atomic E-state index is -0.255. The van der Waals surface area contributed by atoms with Crippen molar-refractivity contribution in [2.24, 2.45) is 0 Å². The van der Waals surface area contributed by atoms with E-state index >= 15 is 0 Å². The Balaban J connectivity index is 2.09. The van der Waals surface area contributed by atoms with Crippen LogP contribution in [0.15, 0.2) is 0 Å². The summed E-state index contributed by atoms with van der Waals surface area (Å²) >= 11 is 0. The molecule has 7 heteroatoms. The average molecular weight is 225 g/mol. The van der Waals surface area contributed by atoms with Gasteiger partial charge in [-0.25, -0.2) is 0 Å². The third-order valence-corrected chi connectivity index (χ3v) is 2.90. The minimum Gasteiger partial charge on any atom is -0.395 e. The molecule has 0 radical (unpaired) electrons. The third-order valence-electron chi connectivity index (χ3n) is 2.90. The molecule has 0 saturated heterocycles. The highest BCUT2D eigenvalue weighted by Gasteiger charge is 2.28. The van der Waals surface area contributed by atoms with Gasteiger partial charge in [0.05, 0.1) is 6.61 Å². The van der Waals surface area contributed by atoms with Crippen LogP contribution in [0.4, 0.5) is 0 Å². The van der Waals surface area contributed by atoms with Crippen molar-refractivity contribution in [2.45, 2.75) is 31.7 Å². The molecule has 1 heterocycles. The van der Waals surface area contributed by atoms with Crippen LogP contribution in [-0.4, -0.2) is 55.7 Å². The van der Waals surface area contributed by atoms with E-state index in [0.717, 1.165) is 25.7 Å². The molecule has 1 fully saturated rings. The zero-order valence-electron chi connectivity index (χ0n) is 8.96. The number of carbonyl (C=O) groups excluding carboxylic acids is 1. The van der Waals surface area contributed by atoms with Gasteiger partial charge in [-0.1, -0.05) is 12.8 Å². The van der Waals surface area contributed by atoms with Crippen LogP contribution in [0.2, 0.25) is 0 Å². The number of hydrogen-bond acceptors (Lipinski definition) is 5. The number of nitrogens with zero attached hydrogens (tertiary/aromatic N) is 4. The van der Waals surface area contributed by atoms with Gasteiger partial charge in [-0.2, -0.15) is 5.21 Å². The van der Waals surface area contributed by atoms with Crippen LogP contribution in [0.3, 0.4) is 0 Å². The van der Waals surface area contributed by atoms with Gasteiger partial charge in [-0.15, -0.1) is 10.2 Å². The second kappa shape index (κ2) is 5.02. The van der Waals surface area contributed by atoms with Gasteiger partial charge in [0, 0.05) is 12.6 Å². The number of aromatic nitrogens is 4. The summed E-state index contributed by atoms with van der Waals surface area (Å²) in [6.07, 6.45) is 4.24. The van der Waals surface area contributed by atoms with Crippen molar-refractivity contribution in [3.8, 4) is 0 Å². The smallest absolute Gasteiger partial charge is 0.295 e. The van der Waals surface area contributed by atoms with E-state index in [0.29, 0.717) is 6.54 Å². The van der Waals surface area contributed by atoms with E-state index < -0.39 is 0 Å². The van der Waals surface area contributed by atoms with Crippen molar-refractivity contribution in [3.63, 3.8) is 0 Å². The number of hydrogen-bond donors (Lipinski definition) is 2.